The number of esters is 2. The van der Waals surface area contributed by atoms with Crippen LogP contribution >= 0.6 is 0 Å². The first-order valence-electron chi connectivity index (χ1n) is 18.0. The molecule has 0 aromatic heterocycles. The lowest BCUT2D eigenvalue weighted by Crippen LogP contribution is -2.13. The zero-order chi connectivity index (χ0) is 36.6. The molecule has 1 N–H and O–H groups in total. The molecule has 0 spiro atoms. The van der Waals surface area contributed by atoms with Gasteiger partial charge in [0.15, 0.2) is 0 Å². The second-order valence-electron chi connectivity index (χ2n) is 12.4. The molecule has 1 heterocycles. The highest BCUT2D eigenvalue weighted by molar-refractivity contribution is 6.08. The van der Waals surface area contributed by atoms with E-state index in [0.29, 0.717) is 22.5 Å². The van der Waals surface area contributed by atoms with Gasteiger partial charge in [-0.05, 0) is 83.8 Å². The van der Waals surface area contributed by atoms with Crippen LogP contribution in [0.15, 0.2) is 119 Å². The summed E-state index contributed by atoms with van der Waals surface area (Å²) in [5.41, 5.74) is 11.3. The van der Waals surface area contributed by atoms with Crippen molar-refractivity contribution >= 4 is 40.0 Å². The van der Waals surface area contributed by atoms with E-state index in [0.717, 1.165) is 70.7 Å². The summed E-state index contributed by atoms with van der Waals surface area (Å²) in [5, 5.41) is 5.30. The number of anilines is 2. The molecule has 0 radical (unpaired) electrons. The molecule has 1 aliphatic carbocycles. The first-order valence-corrected chi connectivity index (χ1v) is 18.0. The maximum atomic E-state index is 13.6. The van der Waals surface area contributed by atoms with Gasteiger partial charge in [0.25, 0.3) is 0 Å². The Bertz CT molecular complexity index is 2260. The monoisotopic (exact) mass is 692 g/mol. The number of ether oxygens (including phenoxy) is 2. The van der Waals surface area contributed by atoms with E-state index in [2.05, 4.69) is 76.0 Å². The van der Waals surface area contributed by atoms with Crippen LogP contribution in [0.2, 0.25) is 0 Å². The van der Waals surface area contributed by atoms with Crippen LogP contribution in [0.5, 0.6) is 0 Å². The number of nitrogens with zero attached hydrogens (tertiary/aromatic N) is 1. The summed E-state index contributed by atoms with van der Waals surface area (Å²) in [6, 6.07) is 32.2. The molecule has 1 aliphatic heterocycles. The van der Waals surface area contributed by atoms with Crippen molar-refractivity contribution < 1.29 is 23.5 Å². The Labute approximate surface area is 305 Å². The van der Waals surface area contributed by atoms with Crippen LogP contribution < -0.4 is 10.7 Å². The highest BCUT2D eigenvalue weighted by Gasteiger charge is 2.23. The molecule has 4 aromatic rings. The number of hydrogen-bond acceptors (Lipinski definition) is 7. The Morgan fingerprint density at radius 1 is 0.731 bits per heavy atom. The highest BCUT2D eigenvalue weighted by Crippen LogP contribution is 2.42. The minimum absolute atomic E-state index is 0.0707. The summed E-state index contributed by atoms with van der Waals surface area (Å²) in [7, 11) is 0. The largest absolute Gasteiger partial charge is 0.459 e. The molecule has 0 amide bonds. The Hall–Kier alpha value is -5.95. The maximum absolute atomic E-state index is 13.6. The van der Waals surface area contributed by atoms with E-state index in [1.54, 1.807) is 6.07 Å². The molecular formula is C45H44N2O5. The van der Waals surface area contributed by atoms with Crippen LogP contribution in [0.25, 0.3) is 33.4 Å². The fraction of sp³-hybridized carbons (Fsp3) is 0.222. The third kappa shape index (κ3) is 7.54. The molecule has 0 bridgehead atoms. The van der Waals surface area contributed by atoms with Crippen LogP contribution in [0.3, 0.4) is 0 Å². The van der Waals surface area contributed by atoms with E-state index in [1.165, 1.54) is 22.3 Å². The minimum Gasteiger partial charge on any atom is -0.459 e. The van der Waals surface area contributed by atoms with Gasteiger partial charge >= 0.3 is 11.9 Å². The van der Waals surface area contributed by atoms with Crippen LogP contribution in [-0.2, 0) is 40.0 Å². The molecule has 52 heavy (non-hydrogen) atoms. The standard InChI is InChI=1S/C45H44N2O5/c1-6-29-15-13-16-30(7-2)43(29)46-33-21-23-37-39(27-33)52-40-28-34(47-44-31(8-3)17-14-18-32(44)9-4)22-24-38(40)42(37)35-19-11-12-20-36(35)45(49)51-26-25-50-41(48)10-5/h10-24,27-28,46H,5-9,25-26H2,1-4H3/b47-34-. The van der Waals surface area contributed by atoms with E-state index in [1.807, 2.05) is 54.6 Å². The first-order chi connectivity index (χ1) is 25.4. The lowest BCUT2D eigenvalue weighted by molar-refractivity contribution is -0.138. The van der Waals surface area contributed by atoms with Gasteiger partial charge in [-0.25, -0.2) is 14.6 Å². The van der Waals surface area contributed by atoms with Crippen molar-refractivity contribution in [2.75, 3.05) is 18.5 Å². The number of aryl methyl sites for hydroxylation is 4. The molecule has 4 aromatic carbocycles. The average Bonchev–Trinajstić information content (AvgIpc) is 3.18. The number of nitrogens with one attached hydrogen (secondary N) is 1. The van der Waals surface area contributed by atoms with Gasteiger partial charge in [-0.15, -0.1) is 0 Å². The molecule has 7 heteroatoms. The number of fused-ring (bicyclic) bond motifs is 2. The van der Waals surface area contributed by atoms with E-state index < -0.39 is 11.9 Å². The predicted octanol–water partition coefficient (Wildman–Crippen LogP) is 10.3. The third-order valence-electron chi connectivity index (χ3n) is 9.32. The smallest absolute Gasteiger partial charge is 0.338 e. The molecule has 0 unspecified atom stereocenters. The van der Waals surface area contributed by atoms with Crippen molar-refractivity contribution in [3.05, 3.63) is 143 Å². The second-order valence-corrected chi connectivity index (χ2v) is 12.4. The fourth-order valence-electron chi connectivity index (χ4n) is 6.64. The summed E-state index contributed by atoms with van der Waals surface area (Å²) in [6.07, 6.45) is 4.63. The van der Waals surface area contributed by atoms with Crippen LogP contribution in [0, 0.1) is 0 Å². The maximum Gasteiger partial charge on any atom is 0.338 e. The van der Waals surface area contributed by atoms with E-state index in [9.17, 15) is 9.59 Å². The molecular weight excluding hydrogens is 649 g/mol. The van der Waals surface area contributed by atoms with Gasteiger partial charge in [0.1, 0.15) is 24.6 Å². The number of rotatable bonds is 13. The summed E-state index contributed by atoms with van der Waals surface area (Å²) in [6.45, 7) is 11.9. The quantitative estimate of drug-likeness (QED) is 0.0561. The number of para-hydroxylation sites is 2. The zero-order valence-corrected chi connectivity index (χ0v) is 30.3. The molecule has 6 rings (SSSR count). The molecule has 2 aliphatic rings. The van der Waals surface area contributed by atoms with E-state index >= 15 is 0 Å². The Balaban J connectivity index is 1.53. The van der Waals surface area contributed by atoms with Gasteiger partial charge in [0, 0.05) is 46.1 Å². The molecule has 0 saturated heterocycles. The molecule has 0 saturated carbocycles. The van der Waals surface area contributed by atoms with E-state index in [4.69, 9.17) is 18.9 Å². The molecule has 264 valence electrons. The van der Waals surface area contributed by atoms with Crippen molar-refractivity contribution in [3.8, 4) is 22.5 Å². The zero-order valence-electron chi connectivity index (χ0n) is 30.3. The first kappa shape index (κ1) is 35.9. The van der Waals surface area contributed by atoms with Gasteiger partial charge in [0.2, 0.25) is 0 Å². The minimum atomic E-state index is -0.574. The van der Waals surface area contributed by atoms with E-state index in [-0.39, 0.29) is 13.2 Å². The van der Waals surface area contributed by atoms with Crippen molar-refractivity contribution in [1.82, 2.24) is 0 Å². The highest BCUT2D eigenvalue weighted by atomic mass is 16.6. The van der Waals surface area contributed by atoms with Gasteiger partial charge in [0.05, 0.1) is 16.6 Å². The lowest BCUT2D eigenvalue weighted by atomic mass is 9.90. The van der Waals surface area contributed by atoms with Crippen molar-refractivity contribution in [1.29, 1.82) is 0 Å². The summed E-state index contributed by atoms with van der Waals surface area (Å²) in [5.74, 6) is -0.463. The van der Waals surface area contributed by atoms with Crippen molar-refractivity contribution in [2.24, 2.45) is 4.99 Å². The van der Waals surface area contributed by atoms with Crippen LogP contribution in [0.1, 0.15) is 60.3 Å². The van der Waals surface area contributed by atoms with Crippen molar-refractivity contribution in [2.45, 2.75) is 53.4 Å². The topological polar surface area (TPSA) is 90.1 Å². The Morgan fingerprint density at radius 3 is 2.06 bits per heavy atom. The third-order valence-corrected chi connectivity index (χ3v) is 9.32. The van der Waals surface area contributed by atoms with Gasteiger partial charge < -0.3 is 19.2 Å². The molecule has 0 atom stereocenters. The normalized spacial score (nSPS) is 11.5. The second kappa shape index (κ2) is 16.4. The van der Waals surface area contributed by atoms with Crippen LogP contribution in [-0.4, -0.2) is 25.2 Å². The summed E-state index contributed by atoms with van der Waals surface area (Å²) < 4.78 is 17.3. The molecule has 0 fully saturated rings. The van der Waals surface area contributed by atoms with Gasteiger partial charge in [-0.3, -0.25) is 0 Å². The van der Waals surface area contributed by atoms with Crippen molar-refractivity contribution in [3.63, 3.8) is 0 Å². The van der Waals surface area contributed by atoms with Crippen LogP contribution in [0.4, 0.5) is 17.1 Å². The number of carbonyl (C=O) groups is 2. The predicted molar refractivity (Wildman–Crippen MR) is 209 cm³/mol. The average molecular weight is 693 g/mol. The molecule has 7 nitrogen and oxygen atoms in total. The Kier molecular flexibility index (Phi) is 11.3. The number of carbonyl (C=O) groups excluding carboxylic acids is 2. The number of hydrogen-bond donors (Lipinski definition) is 1. The SMILES string of the molecule is C=CC(=O)OCCOC(=O)c1ccccc1-c1c2cc/c(=N/c3c(CC)cccc3CC)cc-2oc2cc(Nc3c(CC)cccc3CC)ccc12. The summed E-state index contributed by atoms with van der Waals surface area (Å²) in [4.78, 5) is 30.2. The number of benzene rings is 5. The fourth-order valence-corrected chi connectivity index (χ4v) is 6.64. The summed E-state index contributed by atoms with van der Waals surface area (Å²) >= 11 is 0. The van der Waals surface area contributed by atoms with Gasteiger partial charge in [-0.2, -0.15) is 0 Å². The van der Waals surface area contributed by atoms with Gasteiger partial charge in [-0.1, -0.05) is 88.9 Å². The lowest BCUT2D eigenvalue weighted by Gasteiger charge is -2.19. The Morgan fingerprint density at radius 2 is 1.38 bits per heavy atom.